The summed E-state index contributed by atoms with van der Waals surface area (Å²) in [7, 11) is 1.48. The van der Waals surface area contributed by atoms with E-state index in [1.165, 1.54) is 32.2 Å². The van der Waals surface area contributed by atoms with Crippen molar-refractivity contribution < 1.29 is 37.0 Å². The average Bonchev–Trinajstić information content (AvgIpc) is 2.74. The molecule has 1 amide bonds. The number of alkyl halides is 3. The molecule has 1 heterocycles. The quantitative estimate of drug-likeness (QED) is 0.420. The van der Waals surface area contributed by atoms with E-state index in [0.29, 0.717) is 54.1 Å². The van der Waals surface area contributed by atoms with E-state index >= 15 is 0 Å². The monoisotopic (exact) mass is 451 g/mol. The third-order valence-electron chi connectivity index (χ3n) is 5.07. The number of methoxy groups -OCH3 is 1. The molecule has 32 heavy (non-hydrogen) atoms. The Hall–Kier alpha value is -3.23. The number of benzene rings is 2. The molecule has 0 bridgehead atoms. The summed E-state index contributed by atoms with van der Waals surface area (Å²) >= 11 is 0. The first-order valence-electron chi connectivity index (χ1n) is 10.2. The molecule has 1 aliphatic heterocycles. The van der Waals surface area contributed by atoms with Gasteiger partial charge < -0.3 is 19.1 Å². The topological polar surface area (TPSA) is 65.1 Å². The summed E-state index contributed by atoms with van der Waals surface area (Å²) in [5.74, 6) is 0.414. The van der Waals surface area contributed by atoms with Crippen molar-refractivity contribution in [3.8, 4) is 17.2 Å². The third-order valence-corrected chi connectivity index (χ3v) is 5.07. The van der Waals surface area contributed by atoms with Gasteiger partial charge in [0.25, 0.3) is 0 Å². The second-order valence-electron chi connectivity index (χ2n) is 7.36. The Morgan fingerprint density at radius 3 is 2.56 bits per heavy atom. The van der Waals surface area contributed by atoms with Crippen LogP contribution in [0.2, 0.25) is 0 Å². The zero-order valence-corrected chi connectivity index (χ0v) is 17.8. The number of fused-ring (bicyclic) bond motifs is 1. The van der Waals surface area contributed by atoms with Gasteiger partial charge >= 0.3 is 6.36 Å². The highest BCUT2D eigenvalue weighted by Gasteiger charge is 2.32. The minimum Gasteiger partial charge on any atom is -0.493 e. The molecule has 0 aliphatic carbocycles. The lowest BCUT2D eigenvalue weighted by Gasteiger charge is -2.30. The van der Waals surface area contributed by atoms with Crippen molar-refractivity contribution in [1.29, 1.82) is 0 Å². The van der Waals surface area contributed by atoms with Gasteiger partial charge in [-0.2, -0.15) is 0 Å². The van der Waals surface area contributed by atoms with Crippen LogP contribution in [-0.4, -0.2) is 38.3 Å². The molecule has 0 saturated carbocycles. The zero-order valence-electron chi connectivity index (χ0n) is 17.8. The van der Waals surface area contributed by atoms with Crippen LogP contribution in [0.15, 0.2) is 36.4 Å². The van der Waals surface area contributed by atoms with Gasteiger partial charge in [-0.15, -0.1) is 13.2 Å². The van der Waals surface area contributed by atoms with Gasteiger partial charge in [-0.05, 0) is 68.1 Å². The molecule has 9 heteroatoms. The number of carbonyl (C=O) groups is 2. The fourth-order valence-corrected chi connectivity index (χ4v) is 3.58. The maximum Gasteiger partial charge on any atom is 0.573 e. The largest absolute Gasteiger partial charge is 0.573 e. The predicted molar refractivity (Wildman–Crippen MR) is 112 cm³/mol. The van der Waals surface area contributed by atoms with Crippen LogP contribution in [0.5, 0.6) is 17.2 Å². The Labute approximate surface area is 183 Å². The number of carbonyl (C=O) groups excluding carboxylic acids is 2. The number of amides is 1. The first kappa shape index (κ1) is 23.4. The van der Waals surface area contributed by atoms with E-state index in [4.69, 9.17) is 9.47 Å². The molecule has 0 saturated heterocycles. The highest BCUT2D eigenvalue weighted by molar-refractivity contribution is 5.95. The molecule has 1 aliphatic rings. The van der Waals surface area contributed by atoms with Gasteiger partial charge in [0.05, 0.1) is 13.7 Å². The molecule has 0 atom stereocenters. The Kier molecular flexibility index (Phi) is 7.27. The molecule has 6 nitrogen and oxygen atoms in total. The van der Waals surface area contributed by atoms with Gasteiger partial charge in [-0.3, -0.25) is 9.59 Å². The number of aryl methyl sites for hydroxylation is 1. The maximum atomic E-state index is 12.7. The Morgan fingerprint density at radius 2 is 1.88 bits per heavy atom. The van der Waals surface area contributed by atoms with E-state index in [2.05, 4.69) is 4.74 Å². The Balaban J connectivity index is 1.57. The molecule has 3 rings (SSSR count). The van der Waals surface area contributed by atoms with E-state index < -0.39 is 6.36 Å². The number of ketones is 1. The summed E-state index contributed by atoms with van der Waals surface area (Å²) in [6.45, 7) is 2.23. The zero-order chi connectivity index (χ0) is 23.3. The van der Waals surface area contributed by atoms with Gasteiger partial charge in [0.15, 0.2) is 17.3 Å². The molecule has 0 aromatic heterocycles. The number of anilines is 1. The predicted octanol–water partition coefficient (Wildman–Crippen LogP) is 4.93. The molecule has 0 radical (unpaired) electrons. The van der Waals surface area contributed by atoms with E-state index in [1.807, 2.05) is 0 Å². The normalized spacial score (nSPS) is 13.3. The van der Waals surface area contributed by atoms with E-state index in [1.54, 1.807) is 23.1 Å². The minimum absolute atomic E-state index is 0.0839. The van der Waals surface area contributed by atoms with Crippen LogP contribution in [0.25, 0.3) is 0 Å². The summed E-state index contributed by atoms with van der Waals surface area (Å²) in [4.78, 5) is 25.8. The number of nitrogens with zero attached hydrogens (tertiary/aromatic N) is 1. The van der Waals surface area contributed by atoms with Crippen molar-refractivity contribution in [2.24, 2.45) is 0 Å². The van der Waals surface area contributed by atoms with Crippen molar-refractivity contribution in [2.75, 3.05) is 25.2 Å². The fraction of sp³-hybridized carbons (Fsp3) is 0.391. The fourth-order valence-electron chi connectivity index (χ4n) is 3.58. The summed E-state index contributed by atoms with van der Waals surface area (Å²) in [5.41, 5.74) is 1.77. The van der Waals surface area contributed by atoms with Crippen LogP contribution in [0.3, 0.4) is 0 Å². The van der Waals surface area contributed by atoms with E-state index in [9.17, 15) is 22.8 Å². The van der Waals surface area contributed by atoms with Gasteiger partial charge in [0.1, 0.15) is 5.75 Å². The minimum atomic E-state index is -4.76. The van der Waals surface area contributed by atoms with Crippen LogP contribution in [0, 0.1) is 0 Å². The third kappa shape index (κ3) is 5.93. The van der Waals surface area contributed by atoms with Crippen molar-refractivity contribution in [3.63, 3.8) is 0 Å². The van der Waals surface area contributed by atoms with Crippen molar-refractivity contribution in [3.05, 3.63) is 47.5 Å². The number of hydrogen-bond donors (Lipinski definition) is 0. The molecule has 0 unspecified atom stereocenters. The summed E-state index contributed by atoms with van der Waals surface area (Å²) in [5, 5.41) is 0. The number of halogens is 3. The lowest BCUT2D eigenvalue weighted by atomic mass is 10.0. The second-order valence-corrected chi connectivity index (χ2v) is 7.36. The summed E-state index contributed by atoms with van der Waals surface area (Å²) < 4.78 is 52.3. The van der Waals surface area contributed by atoms with Crippen LogP contribution in [-0.2, 0) is 11.2 Å². The van der Waals surface area contributed by atoms with Gasteiger partial charge in [0.2, 0.25) is 5.91 Å². The van der Waals surface area contributed by atoms with Gasteiger partial charge in [-0.1, -0.05) is 0 Å². The molecule has 2 aromatic rings. The van der Waals surface area contributed by atoms with Crippen molar-refractivity contribution >= 4 is 17.4 Å². The average molecular weight is 451 g/mol. The van der Waals surface area contributed by atoms with Crippen LogP contribution >= 0.6 is 0 Å². The molecule has 2 aromatic carbocycles. The molecule has 0 fully saturated rings. The number of rotatable bonds is 8. The standard InChI is InChI=1S/C23H24F3NO5/c1-15(28)16-7-10-20(21(14-16)30-2)31-12-4-6-22(29)27-11-3-5-17-13-18(8-9-19(17)27)32-23(24,25)26/h7-10,13-14H,3-6,11-12H2,1-2H3. The molecule has 0 N–H and O–H groups in total. The van der Waals surface area contributed by atoms with Crippen molar-refractivity contribution in [2.45, 2.75) is 39.0 Å². The van der Waals surface area contributed by atoms with E-state index in [0.717, 1.165) is 0 Å². The van der Waals surface area contributed by atoms with Crippen LogP contribution < -0.4 is 19.1 Å². The number of Topliss-reactive ketones (excluding diaryl/α,β-unsaturated/α-hetero) is 1. The number of hydrogen-bond acceptors (Lipinski definition) is 5. The van der Waals surface area contributed by atoms with Gasteiger partial charge in [0, 0.05) is 24.2 Å². The van der Waals surface area contributed by atoms with Crippen LogP contribution in [0.4, 0.5) is 18.9 Å². The summed E-state index contributed by atoms with van der Waals surface area (Å²) in [6, 6.07) is 8.95. The molecule has 172 valence electrons. The lowest BCUT2D eigenvalue weighted by Crippen LogP contribution is -2.35. The van der Waals surface area contributed by atoms with Crippen LogP contribution in [0.1, 0.15) is 42.1 Å². The first-order chi connectivity index (χ1) is 15.2. The van der Waals surface area contributed by atoms with Crippen molar-refractivity contribution in [1.82, 2.24) is 0 Å². The molecular weight excluding hydrogens is 427 g/mol. The maximum absolute atomic E-state index is 12.7. The first-order valence-corrected chi connectivity index (χ1v) is 10.2. The van der Waals surface area contributed by atoms with Gasteiger partial charge in [-0.25, -0.2) is 0 Å². The Bertz CT molecular complexity index is 990. The molecule has 0 spiro atoms. The van der Waals surface area contributed by atoms with E-state index in [-0.39, 0.29) is 30.5 Å². The Morgan fingerprint density at radius 1 is 1.09 bits per heavy atom. The highest BCUT2D eigenvalue weighted by atomic mass is 19.4. The lowest BCUT2D eigenvalue weighted by molar-refractivity contribution is -0.274. The highest BCUT2D eigenvalue weighted by Crippen LogP contribution is 2.33. The number of ether oxygens (including phenoxy) is 3. The second kappa shape index (κ2) is 9.93. The summed E-state index contributed by atoms with van der Waals surface area (Å²) in [6.07, 6.45) is -2.86. The smallest absolute Gasteiger partial charge is 0.493 e. The molecular formula is C23H24F3NO5. The SMILES string of the molecule is COc1cc(C(C)=O)ccc1OCCCC(=O)N1CCCc2cc(OC(F)(F)F)ccc21.